The molecule has 3 nitrogen and oxygen atoms in total. The Kier molecular flexibility index (Phi) is 3.00. The first-order valence-electron chi connectivity index (χ1n) is 5.46. The van der Waals surface area contributed by atoms with Gasteiger partial charge in [0.2, 0.25) is 0 Å². The van der Waals surface area contributed by atoms with Crippen LogP contribution in [0.25, 0.3) is 5.69 Å². The highest BCUT2D eigenvalue weighted by molar-refractivity contribution is 5.88. The summed E-state index contributed by atoms with van der Waals surface area (Å²) in [6.07, 6.45) is 1.86. The summed E-state index contributed by atoms with van der Waals surface area (Å²) in [4.78, 5) is 11.6. The van der Waals surface area contributed by atoms with Gasteiger partial charge in [-0.3, -0.25) is 0 Å². The van der Waals surface area contributed by atoms with Crippen LogP contribution in [0.15, 0.2) is 36.5 Å². The summed E-state index contributed by atoms with van der Waals surface area (Å²) in [5.74, 6) is -0.325. The van der Waals surface area contributed by atoms with Crippen molar-refractivity contribution in [2.75, 3.05) is 7.11 Å². The maximum Gasteiger partial charge on any atom is 0.355 e. The van der Waals surface area contributed by atoms with Crippen LogP contribution in [0.2, 0.25) is 0 Å². The van der Waals surface area contributed by atoms with Gasteiger partial charge in [0.25, 0.3) is 0 Å². The normalized spacial score (nSPS) is 10.3. The minimum atomic E-state index is -0.325. The number of esters is 1. The molecule has 0 bridgehead atoms. The summed E-state index contributed by atoms with van der Waals surface area (Å²) < 4.78 is 6.60. The van der Waals surface area contributed by atoms with Crippen LogP contribution in [-0.2, 0) is 4.74 Å². The third kappa shape index (κ3) is 2.23. The summed E-state index contributed by atoms with van der Waals surface area (Å²) in [7, 11) is 1.39. The lowest BCUT2D eigenvalue weighted by Crippen LogP contribution is -2.08. The van der Waals surface area contributed by atoms with Gasteiger partial charge >= 0.3 is 5.97 Å². The van der Waals surface area contributed by atoms with E-state index >= 15 is 0 Å². The summed E-state index contributed by atoms with van der Waals surface area (Å²) in [6, 6.07) is 9.77. The van der Waals surface area contributed by atoms with E-state index in [1.54, 1.807) is 6.07 Å². The Morgan fingerprint density at radius 3 is 2.41 bits per heavy atom. The fourth-order valence-corrected chi connectivity index (χ4v) is 1.97. The molecule has 2 rings (SSSR count). The molecule has 1 heterocycles. The molecule has 0 spiro atoms. The molecule has 0 aliphatic rings. The van der Waals surface area contributed by atoms with Crippen LogP contribution < -0.4 is 0 Å². The zero-order chi connectivity index (χ0) is 12.4. The minimum Gasteiger partial charge on any atom is -0.464 e. The first-order chi connectivity index (χ1) is 8.11. The van der Waals surface area contributed by atoms with Crippen LogP contribution in [0.1, 0.15) is 21.6 Å². The van der Waals surface area contributed by atoms with Gasteiger partial charge in [-0.05, 0) is 49.2 Å². The lowest BCUT2D eigenvalue weighted by Gasteiger charge is -2.09. The van der Waals surface area contributed by atoms with E-state index in [9.17, 15) is 4.79 Å². The number of methoxy groups -OCH3 is 1. The van der Waals surface area contributed by atoms with E-state index in [1.165, 1.54) is 18.2 Å². The highest BCUT2D eigenvalue weighted by Crippen LogP contribution is 2.17. The van der Waals surface area contributed by atoms with Crippen molar-refractivity contribution >= 4 is 5.97 Å². The quantitative estimate of drug-likeness (QED) is 0.741. The van der Waals surface area contributed by atoms with Gasteiger partial charge in [-0.1, -0.05) is 6.07 Å². The van der Waals surface area contributed by atoms with Gasteiger partial charge in [0, 0.05) is 11.9 Å². The molecule has 0 aliphatic carbocycles. The minimum absolute atomic E-state index is 0.325. The van der Waals surface area contributed by atoms with E-state index in [-0.39, 0.29) is 5.97 Å². The Balaban J connectivity index is 2.53. The number of aromatic nitrogens is 1. The third-order valence-electron chi connectivity index (χ3n) is 2.63. The van der Waals surface area contributed by atoms with E-state index in [2.05, 4.69) is 6.07 Å². The SMILES string of the molecule is COC(=O)c1cccn1-c1cc(C)cc(C)c1. The molecule has 2 aromatic rings. The molecule has 0 atom stereocenters. The van der Waals surface area contributed by atoms with Gasteiger partial charge in [0.1, 0.15) is 5.69 Å². The average molecular weight is 229 g/mol. The van der Waals surface area contributed by atoms with Gasteiger partial charge in [0.05, 0.1) is 7.11 Å². The molecule has 0 amide bonds. The monoisotopic (exact) mass is 229 g/mol. The summed E-state index contributed by atoms with van der Waals surface area (Å²) in [6.45, 7) is 4.08. The number of aryl methyl sites for hydroxylation is 2. The highest BCUT2D eigenvalue weighted by Gasteiger charge is 2.12. The Hall–Kier alpha value is -2.03. The molecule has 17 heavy (non-hydrogen) atoms. The smallest absolute Gasteiger partial charge is 0.355 e. The number of nitrogens with zero attached hydrogens (tertiary/aromatic N) is 1. The van der Waals surface area contributed by atoms with E-state index in [0.717, 1.165) is 5.69 Å². The van der Waals surface area contributed by atoms with Crippen molar-refractivity contribution in [3.05, 3.63) is 53.3 Å². The van der Waals surface area contributed by atoms with Crippen molar-refractivity contribution < 1.29 is 9.53 Å². The topological polar surface area (TPSA) is 31.2 Å². The van der Waals surface area contributed by atoms with Crippen LogP contribution in [0, 0.1) is 13.8 Å². The van der Waals surface area contributed by atoms with Crippen molar-refractivity contribution in [1.29, 1.82) is 0 Å². The Bertz CT molecular complexity index is 535. The van der Waals surface area contributed by atoms with Crippen molar-refractivity contribution in [1.82, 2.24) is 4.57 Å². The molecule has 88 valence electrons. The first-order valence-corrected chi connectivity index (χ1v) is 5.46. The van der Waals surface area contributed by atoms with E-state index in [0.29, 0.717) is 5.69 Å². The molecule has 0 fully saturated rings. The molecule has 1 aromatic heterocycles. The second kappa shape index (κ2) is 4.45. The van der Waals surface area contributed by atoms with Crippen LogP contribution in [-0.4, -0.2) is 17.6 Å². The van der Waals surface area contributed by atoms with Gasteiger partial charge in [-0.25, -0.2) is 4.79 Å². The van der Waals surface area contributed by atoms with Gasteiger partial charge in [-0.2, -0.15) is 0 Å². The van der Waals surface area contributed by atoms with Gasteiger partial charge in [-0.15, -0.1) is 0 Å². The molecule has 0 radical (unpaired) electrons. The zero-order valence-corrected chi connectivity index (χ0v) is 10.2. The second-order valence-corrected chi connectivity index (χ2v) is 4.10. The van der Waals surface area contributed by atoms with E-state index < -0.39 is 0 Å². The molecule has 0 saturated heterocycles. The molecule has 0 saturated carbocycles. The first kappa shape index (κ1) is 11.5. The van der Waals surface area contributed by atoms with Crippen molar-refractivity contribution in [3.8, 4) is 5.69 Å². The Labute approximate surface area is 101 Å². The Morgan fingerprint density at radius 1 is 1.18 bits per heavy atom. The molecular formula is C14H15NO2. The Morgan fingerprint density at radius 2 is 1.82 bits per heavy atom. The number of hydrogen-bond acceptors (Lipinski definition) is 2. The molecular weight excluding hydrogens is 214 g/mol. The number of hydrogen-bond donors (Lipinski definition) is 0. The molecule has 3 heteroatoms. The van der Waals surface area contributed by atoms with Crippen LogP contribution in [0.4, 0.5) is 0 Å². The summed E-state index contributed by atoms with van der Waals surface area (Å²) >= 11 is 0. The summed E-state index contributed by atoms with van der Waals surface area (Å²) in [5.41, 5.74) is 3.86. The van der Waals surface area contributed by atoms with Crippen LogP contribution in [0.5, 0.6) is 0 Å². The molecule has 0 aliphatic heterocycles. The maximum atomic E-state index is 11.6. The molecule has 1 aromatic carbocycles. The van der Waals surface area contributed by atoms with Crippen LogP contribution in [0.3, 0.4) is 0 Å². The van der Waals surface area contributed by atoms with E-state index in [4.69, 9.17) is 4.74 Å². The third-order valence-corrected chi connectivity index (χ3v) is 2.63. The fourth-order valence-electron chi connectivity index (χ4n) is 1.97. The molecule has 0 unspecified atom stereocenters. The van der Waals surface area contributed by atoms with Crippen molar-refractivity contribution in [2.45, 2.75) is 13.8 Å². The van der Waals surface area contributed by atoms with Crippen molar-refractivity contribution in [3.63, 3.8) is 0 Å². The van der Waals surface area contributed by atoms with Crippen molar-refractivity contribution in [2.24, 2.45) is 0 Å². The zero-order valence-electron chi connectivity index (χ0n) is 10.2. The van der Waals surface area contributed by atoms with Gasteiger partial charge < -0.3 is 9.30 Å². The highest BCUT2D eigenvalue weighted by atomic mass is 16.5. The second-order valence-electron chi connectivity index (χ2n) is 4.10. The lowest BCUT2D eigenvalue weighted by molar-refractivity contribution is 0.0591. The van der Waals surface area contributed by atoms with Crippen LogP contribution >= 0.6 is 0 Å². The number of benzene rings is 1. The van der Waals surface area contributed by atoms with Gasteiger partial charge in [0.15, 0.2) is 0 Å². The van der Waals surface area contributed by atoms with E-state index in [1.807, 2.05) is 42.8 Å². The number of rotatable bonds is 2. The molecule has 0 N–H and O–H groups in total. The summed E-state index contributed by atoms with van der Waals surface area (Å²) in [5, 5.41) is 0. The predicted molar refractivity (Wildman–Crippen MR) is 66.6 cm³/mol. The number of ether oxygens (including phenoxy) is 1. The standard InChI is InChI=1S/C14H15NO2/c1-10-7-11(2)9-12(8-10)15-6-4-5-13(15)14(16)17-3/h4-9H,1-3H3. The average Bonchev–Trinajstić information content (AvgIpc) is 2.75. The number of carbonyl (C=O) groups is 1. The number of carbonyl (C=O) groups excluding carboxylic acids is 1. The predicted octanol–water partition coefficient (Wildman–Crippen LogP) is 2.88. The largest absolute Gasteiger partial charge is 0.464 e. The fraction of sp³-hybridized carbons (Fsp3) is 0.214. The lowest BCUT2D eigenvalue weighted by atomic mass is 10.1. The maximum absolute atomic E-state index is 11.6.